The van der Waals surface area contributed by atoms with Gasteiger partial charge < -0.3 is 20.1 Å². The average molecular weight is 476 g/mol. The molecule has 1 unspecified atom stereocenters. The first-order chi connectivity index (χ1) is 16.1. The van der Waals surface area contributed by atoms with Crippen molar-refractivity contribution in [2.24, 2.45) is 0 Å². The number of carbonyl (C=O) groups is 3. The smallest absolute Gasteiger partial charge is 0.407 e. The van der Waals surface area contributed by atoms with Gasteiger partial charge in [-0.2, -0.15) is 13.2 Å². The third-order valence-electron chi connectivity index (χ3n) is 5.95. The second-order valence-electron chi connectivity index (χ2n) is 8.43. The number of benzene rings is 2. The fraction of sp³-hybridized carbons (Fsp3) is 0.375. The Labute approximate surface area is 193 Å². The highest BCUT2D eigenvalue weighted by molar-refractivity contribution is 5.88. The first kappa shape index (κ1) is 23.6. The third-order valence-corrected chi connectivity index (χ3v) is 5.95. The maximum atomic E-state index is 13.1. The lowest BCUT2D eigenvalue weighted by atomic mass is 9.98. The molecule has 0 radical (unpaired) electrons. The number of carboxylic acid groups (broad SMARTS) is 1. The number of hydrogen-bond acceptors (Lipinski definition) is 4. The monoisotopic (exact) mass is 476 g/mol. The van der Waals surface area contributed by atoms with Crippen LogP contribution in [-0.2, 0) is 14.3 Å². The minimum atomic E-state index is -4.75. The van der Waals surface area contributed by atoms with Crippen molar-refractivity contribution in [2.45, 2.75) is 43.4 Å². The summed E-state index contributed by atoms with van der Waals surface area (Å²) < 4.78 is 44.7. The number of nitrogens with zero attached hydrogens (tertiary/aromatic N) is 1. The molecule has 0 spiro atoms. The van der Waals surface area contributed by atoms with Crippen LogP contribution < -0.4 is 5.32 Å². The van der Waals surface area contributed by atoms with Crippen LogP contribution in [0.4, 0.5) is 18.0 Å². The normalized spacial score (nSPS) is 15.7. The highest BCUT2D eigenvalue weighted by Crippen LogP contribution is 2.44. The van der Waals surface area contributed by atoms with Gasteiger partial charge in [0.1, 0.15) is 19.2 Å². The van der Waals surface area contributed by atoms with Crippen molar-refractivity contribution in [1.82, 2.24) is 10.2 Å². The maximum Gasteiger partial charge on any atom is 0.407 e. The largest absolute Gasteiger partial charge is 0.480 e. The topological polar surface area (TPSA) is 95.9 Å². The second-order valence-corrected chi connectivity index (χ2v) is 8.43. The van der Waals surface area contributed by atoms with Gasteiger partial charge in [-0.05, 0) is 35.1 Å². The average Bonchev–Trinajstić information content (AvgIpc) is 3.57. The maximum absolute atomic E-state index is 13.1. The SMILES string of the molecule is O=C(O)CN(C(=O)C(CC(F)(F)F)NC(=O)OCC1c2ccccc2-c2ccccc21)C1CC1. The van der Waals surface area contributed by atoms with Gasteiger partial charge in [0.15, 0.2) is 0 Å². The molecule has 2 aliphatic carbocycles. The fourth-order valence-corrected chi connectivity index (χ4v) is 4.33. The standard InChI is InChI=1S/C24H23F3N2O5/c25-24(26,27)11-20(22(32)29(12-21(30)31)14-9-10-14)28-23(33)34-13-19-17-7-3-1-5-15(17)16-6-2-4-8-18(16)19/h1-8,14,19-20H,9-13H2,(H,28,33)(H,30,31). The molecule has 0 bridgehead atoms. The summed E-state index contributed by atoms with van der Waals surface area (Å²) in [6, 6.07) is 12.8. The number of aliphatic carboxylic acids is 1. The quantitative estimate of drug-likeness (QED) is 0.602. The van der Waals surface area contributed by atoms with Crippen molar-refractivity contribution < 1.29 is 37.4 Å². The van der Waals surface area contributed by atoms with Gasteiger partial charge in [0, 0.05) is 12.0 Å². The van der Waals surface area contributed by atoms with E-state index in [1.54, 1.807) is 0 Å². The van der Waals surface area contributed by atoms with E-state index in [1.165, 1.54) is 0 Å². The van der Waals surface area contributed by atoms with Gasteiger partial charge in [-0.3, -0.25) is 9.59 Å². The van der Waals surface area contributed by atoms with Crippen LogP contribution in [0.5, 0.6) is 0 Å². The van der Waals surface area contributed by atoms with E-state index in [9.17, 15) is 27.6 Å². The molecule has 4 rings (SSSR count). The van der Waals surface area contributed by atoms with Gasteiger partial charge in [-0.1, -0.05) is 48.5 Å². The van der Waals surface area contributed by atoms with Crippen molar-refractivity contribution >= 4 is 18.0 Å². The summed E-state index contributed by atoms with van der Waals surface area (Å²) in [5.74, 6) is -2.73. The summed E-state index contributed by atoms with van der Waals surface area (Å²) in [4.78, 5) is 37.2. The Bertz CT molecular complexity index is 1050. The van der Waals surface area contributed by atoms with E-state index in [2.05, 4.69) is 0 Å². The molecule has 34 heavy (non-hydrogen) atoms. The van der Waals surface area contributed by atoms with Crippen LogP contribution in [0, 0.1) is 0 Å². The summed E-state index contributed by atoms with van der Waals surface area (Å²) in [5, 5.41) is 11.1. The Morgan fingerprint density at radius 2 is 1.59 bits per heavy atom. The number of ether oxygens (including phenoxy) is 1. The predicted molar refractivity (Wildman–Crippen MR) is 115 cm³/mol. The number of alkyl carbamates (subject to hydrolysis) is 1. The van der Waals surface area contributed by atoms with Gasteiger partial charge in [0.05, 0.1) is 6.42 Å². The Morgan fingerprint density at radius 3 is 2.09 bits per heavy atom. The number of rotatable bonds is 8. The highest BCUT2D eigenvalue weighted by Gasteiger charge is 2.42. The Kier molecular flexibility index (Phi) is 6.49. The summed E-state index contributed by atoms with van der Waals surface area (Å²) in [6.45, 7) is -0.863. The highest BCUT2D eigenvalue weighted by atomic mass is 19.4. The van der Waals surface area contributed by atoms with Crippen molar-refractivity contribution in [3.8, 4) is 11.1 Å². The summed E-state index contributed by atoms with van der Waals surface area (Å²) in [5.41, 5.74) is 3.85. The molecule has 2 amide bonds. The first-order valence-corrected chi connectivity index (χ1v) is 10.8. The lowest BCUT2D eigenvalue weighted by Crippen LogP contribution is -2.52. The van der Waals surface area contributed by atoms with E-state index >= 15 is 0 Å². The van der Waals surface area contributed by atoms with E-state index < -0.39 is 49.2 Å². The number of hydrogen-bond donors (Lipinski definition) is 2. The molecule has 1 atom stereocenters. The number of carboxylic acids is 1. The molecule has 2 aromatic carbocycles. The lowest BCUT2D eigenvalue weighted by molar-refractivity contribution is -0.156. The number of amides is 2. The van der Waals surface area contributed by atoms with E-state index in [0.29, 0.717) is 12.8 Å². The molecule has 2 aromatic rings. The minimum Gasteiger partial charge on any atom is -0.480 e. The molecule has 0 aromatic heterocycles. The molecule has 180 valence electrons. The number of carbonyl (C=O) groups excluding carboxylic acids is 2. The lowest BCUT2D eigenvalue weighted by Gasteiger charge is -2.27. The first-order valence-electron chi connectivity index (χ1n) is 10.8. The van der Waals surface area contributed by atoms with Gasteiger partial charge >= 0.3 is 18.2 Å². The van der Waals surface area contributed by atoms with Crippen LogP contribution in [0.3, 0.4) is 0 Å². The van der Waals surface area contributed by atoms with Crippen LogP contribution >= 0.6 is 0 Å². The summed E-state index contributed by atoms with van der Waals surface area (Å²) >= 11 is 0. The molecule has 1 fully saturated rings. The van der Waals surface area contributed by atoms with Crippen molar-refractivity contribution in [1.29, 1.82) is 0 Å². The molecule has 2 N–H and O–H groups in total. The summed E-state index contributed by atoms with van der Waals surface area (Å²) in [7, 11) is 0. The zero-order valence-corrected chi connectivity index (χ0v) is 18.0. The van der Waals surface area contributed by atoms with Gasteiger partial charge in [-0.15, -0.1) is 0 Å². The van der Waals surface area contributed by atoms with E-state index in [1.807, 2.05) is 53.8 Å². The zero-order chi connectivity index (χ0) is 24.5. The van der Waals surface area contributed by atoms with Gasteiger partial charge in [-0.25, -0.2) is 4.79 Å². The van der Waals surface area contributed by atoms with Gasteiger partial charge in [0.2, 0.25) is 5.91 Å². The van der Waals surface area contributed by atoms with E-state index in [0.717, 1.165) is 27.2 Å². The van der Waals surface area contributed by atoms with Crippen molar-refractivity contribution in [2.75, 3.05) is 13.2 Å². The molecular weight excluding hydrogens is 453 g/mol. The Morgan fingerprint density at radius 1 is 1.03 bits per heavy atom. The van der Waals surface area contributed by atoms with Crippen LogP contribution in [0.15, 0.2) is 48.5 Å². The molecule has 7 nitrogen and oxygen atoms in total. The van der Waals surface area contributed by atoms with Crippen molar-refractivity contribution in [3.05, 3.63) is 59.7 Å². The van der Waals surface area contributed by atoms with Crippen molar-refractivity contribution in [3.63, 3.8) is 0 Å². The number of nitrogens with one attached hydrogen (secondary N) is 1. The minimum absolute atomic E-state index is 0.131. The Balaban J connectivity index is 1.46. The molecule has 0 heterocycles. The summed E-state index contributed by atoms with van der Waals surface area (Å²) in [6.07, 6.45) is -6.55. The molecule has 2 aliphatic rings. The Hall–Kier alpha value is -3.56. The van der Waals surface area contributed by atoms with E-state index in [4.69, 9.17) is 9.84 Å². The van der Waals surface area contributed by atoms with Crippen LogP contribution in [-0.4, -0.2) is 59.4 Å². The van der Waals surface area contributed by atoms with Gasteiger partial charge in [0.25, 0.3) is 0 Å². The fourth-order valence-electron chi connectivity index (χ4n) is 4.33. The van der Waals surface area contributed by atoms with Crippen LogP contribution in [0.1, 0.15) is 36.3 Å². The number of fused-ring (bicyclic) bond motifs is 3. The molecule has 10 heteroatoms. The second kappa shape index (κ2) is 9.36. The molecule has 0 aliphatic heterocycles. The van der Waals surface area contributed by atoms with Crippen LogP contribution in [0.2, 0.25) is 0 Å². The predicted octanol–water partition coefficient (Wildman–Crippen LogP) is 3.92. The van der Waals surface area contributed by atoms with E-state index in [-0.39, 0.29) is 12.5 Å². The third kappa shape index (κ3) is 5.32. The number of halogens is 3. The number of alkyl halides is 3. The van der Waals surface area contributed by atoms with Crippen LogP contribution in [0.25, 0.3) is 11.1 Å². The zero-order valence-electron chi connectivity index (χ0n) is 18.0. The molecule has 0 saturated heterocycles. The molecular formula is C24H23F3N2O5. The molecule has 1 saturated carbocycles.